The number of anilines is 2. The van der Waals surface area contributed by atoms with Gasteiger partial charge >= 0.3 is 0 Å². The molecule has 2 N–H and O–H groups in total. The number of hydrogen-bond acceptors (Lipinski definition) is 3. The Balaban J connectivity index is 1.59. The zero-order chi connectivity index (χ0) is 23.5. The van der Waals surface area contributed by atoms with Crippen LogP contribution in [-0.4, -0.2) is 12.1 Å². The van der Waals surface area contributed by atoms with Crippen molar-refractivity contribution in [3.8, 4) is 22.8 Å². The predicted octanol–water partition coefficient (Wildman–Crippen LogP) is 7.44. The van der Waals surface area contributed by atoms with E-state index < -0.39 is 11.6 Å². The van der Waals surface area contributed by atoms with Crippen LogP contribution in [0, 0.1) is 11.6 Å². The average molecular weight is 456 g/mol. The molecule has 0 atom stereocenters. The molecule has 0 radical (unpaired) electrons. The summed E-state index contributed by atoms with van der Waals surface area (Å²) in [5.74, 6) is -0.685. The molecular weight excluding hydrogens is 434 g/mol. The molecule has 0 fully saturated rings. The van der Waals surface area contributed by atoms with Crippen LogP contribution < -0.4 is 14.8 Å². The average Bonchev–Trinajstić information content (AvgIpc) is 3.26. The molecular formula is C28H22F2N2O2. The summed E-state index contributed by atoms with van der Waals surface area (Å²) in [6, 6.07) is 27.5. The lowest BCUT2D eigenvalue weighted by Gasteiger charge is -2.18. The number of ether oxygens (including phenoxy) is 2. The monoisotopic (exact) mass is 456 g/mol. The van der Waals surface area contributed by atoms with E-state index in [2.05, 4.69) is 10.3 Å². The van der Waals surface area contributed by atoms with Crippen molar-refractivity contribution in [1.29, 1.82) is 0 Å². The fourth-order valence-electron chi connectivity index (χ4n) is 3.86. The molecule has 0 aliphatic heterocycles. The number of methoxy groups -OCH3 is 1. The van der Waals surface area contributed by atoms with E-state index in [0.29, 0.717) is 40.4 Å². The number of aromatic amines is 1. The minimum absolute atomic E-state index is 0.356. The molecule has 4 aromatic carbocycles. The predicted molar refractivity (Wildman–Crippen MR) is 131 cm³/mol. The van der Waals surface area contributed by atoms with Crippen molar-refractivity contribution in [3.63, 3.8) is 0 Å². The number of H-pyrrole nitrogens is 1. The Bertz CT molecular complexity index is 1390. The van der Waals surface area contributed by atoms with Gasteiger partial charge in [0.15, 0.2) is 23.1 Å². The minimum atomic E-state index is -0.894. The first kappa shape index (κ1) is 21.5. The summed E-state index contributed by atoms with van der Waals surface area (Å²) in [6.45, 7) is 0.356. The topological polar surface area (TPSA) is 46.3 Å². The summed E-state index contributed by atoms with van der Waals surface area (Å²) in [6.07, 6.45) is 0. The molecule has 5 aromatic rings. The number of hydrogen-bond donors (Lipinski definition) is 2. The second-order valence-electron chi connectivity index (χ2n) is 7.86. The smallest absolute Gasteiger partial charge is 0.184 e. The van der Waals surface area contributed by atoms with Crippen molar-refractivity contribution >= 4 is 22.3 Å². The SMILES string of the molecule is COc1c(Nc2ccccc2)cc(-c2cc3cc(F)c(F)cc3[nH]2)cc1OCc1ccccc1. The molecule has 5 rings (SSSR count). The maximum atomic E-state index is 13.8. The third-order valence-corrected chi connectivity index (χ3v) is 5.52. The molecule has 170 valence electrons. The summed E-state index contributed by atoms with van der Waals surface area (Å²) in [4.78, 5) is 3.18. The van der Waals surface area contributed by atoms with Crippen LogP contribution in [0.4, 0.5) is 20.2 Å². The van der Waals surface area contributed by atoms with E-state index in [1.165, 1.54) is 6.07 Å². The summed E-state index contributed by atoms with van der Waals surface area (Å²) in [7, 11) is 1.59. The van der Waals surface area contributed by atoms with Gasteiger partial charge in [0, 0.05) is 33.9 Å². The van der Waals surface area contributed by atoms with Gasteiger partial charge in [-0.25, -0.2) is 8.78 Å². The maximum absolute atomic E-state index is 13.8. The number of aromatic nitrogens is 1. The number of rotatable bonds is 7. The molecule has 0 amide bonds. The van der Waals surface area contributed by atoms with Gasteiger partial charge in [-0.05, 0) is 42.0 Å². The van der Waals surface area contributed by atoms with Crippen molar-refractivity contribution in [2.75, 3.05) is 12.4 Å². The molecule has 0 aliphatic rings. The standard InChI is InChI=1S/C28H22F2N2O2/c1-33-28-26(31-21-10-6-3-7-11-21)14-20(15-27(28)34-17-18-8-4-2-5-9-18)24-13-19-12-22(29)23(30)16-25(19)32-24/h2-16,31-32H,17H2,1H3. The molecule has 0 bridgehead atoms. The Hall–Kier alpha value is -4.32. The number of fused-ring (bicyclic) bond motifs is 1. The fourth-order valence-corrected chi connectivity index (χ4v) is 3.86. The lowest BCUT2D eigenvalue weighted by Crippen LogP contribution is -2.01. The van der Waals surface area contributed by atoms with E-state index in [1.807, 2.05) is 72.8 Å². The molecule has 0 spiro atoms. The second-order valence-corrected chi connectivity index (χ2v) is 7.86. The molecule has 34 heavy (non-hydrogen) atoms. The second kappa shape index (κ2) is 9.27. The first-order chi connectivity index (χ1) is 16.6. The molecule has 0 unspecified atom stereocenters. The van der Waals surface area contributed by atoms with E-state index in [1.54, 1.807) is 13.2 Å². The Morgan fingerprint density at radius 1 is 0.824 bits per heavy atom. The molecule has 1 aromatic heterocycles. The van der Waals surface area contributed by atoms with Crippen LogP contribution in [0.5, 0.6) is 11.5 Å². The largest absolute Gasteiger partial charge is 0.491 e. The number of benzene rings is 4. The highest BCUT2D eigenvalue weighted by Gasteiger charge is 2.17. The quantitative estimate of drug-likeness (QED) is 0.267. The minimum Gasteiger partial charge on any atom is -0.491 e. The van der Waals surface area contributed by atoms with Gasteiger partial charge in [0.05, 0.1) is 12.8 Å². The lowest BCUT2D eigenvalue weighted by atomic mass is 10.1. The number of nitrogens with one attached hydrogen (secondary N) is 2. The van der Waals surface area contributed by atoms with Crippen molar-refractivity contribution < 1.29 is 18.3 Å². The van der Waals surface area contributed by atoms with Crippen LogP contribution in [0.3, 0.4) is 0 Å². The third-order valence-electron chi connectivity index (χ3n) is 5.52. The zero-order valence-corrected chi connectivity index (χ0v) is 18.4. The van der Waals surface area contributed by atoms with E-state index >= 15 is 0 Å². The summed E-state index contributed by atoms with van der Waals surface area (Å²) >= 11 is 0. The zero-order valence-electron chi connectivity index (χ0n) is 18.4. The van der Waals surface area contributed by atoms with E-state index in [4.69, 9.17) is 9.47 Å². The lowest BCUT2D eigenvalue weighted by molar-refractivity contribution is 0.285. The molecule has 4 nitrogen and oxygen atoms in total. The van der Waals surface area contributed by atoms with Crippen molar-refractivity contribution in [1.82, 2.24) is 4.98 Å². The Morgan fingerprint density at radius 2 is 1.53 bits per heavy atom. The molecule has 6 heteroatoms. The highest BCUT2D eigenvalue weighted by molar-refractivity contribution is 5.88. The molecule has 0 saturated heterocycles. The van der Waals surface area contributed by atoms with Gasteiger partial charge in [-0.15, -0.1) is 0 Å². The van der Waals surface area contributed by atoms with Crippen LogP contribution in [-0.2, 0) is 6.61 Å². The van der Waals surface area contributed by atoms with Gasteiger partial charge in [0.25, 0.3) is 0 Å². The Morgan fingerprint density at radius 3 is 2.26 bits per heavy atom. The highest BCUT2D eigenvalue weighted by Crippen LogP contribution is 2.42. The molecule has 1 heterocycles. The van der Waals surface area contributed by atoms with Gasteiger partial charge in [-0.3, -0.25) is 0 Å². The van der Waals surface area contributed by atoms with Crippen LogP contribution in [0.25, 0.3) is 22.2 Å². The van der Waals surface area contributed by atoms with Crippen LogP contribution in [0.15, 0.2) is 91.0 Å². The van der Waals surface area contributed by atoms with E-state index in [-0.39, 0.29) is 0 Å². The van der Waals surface area contributed by atoms with E-state index in [9.17, 15) is 8.78 Å². The summed E-state index contributed by atoms with van der Waals surface area (Å²) in [5.41, 5.74) is 4.58. The van der Waals surface area contributed by atoms with Crippen molar-refractivity contribution in [3.05, 3.63) is 108 Å². The number of para-hydroxylation sites is 1. The summed E-state index contributed by atoms with van der Waals surface area (Å²) < 4.78 is 39.4. The Labute approximate surface area is 195 Å². The van der Waals surface area contributed by atoms with Crippen molar-refractivity contribution in [2.45, 2.75) is 6.61 Å². The van der Waals surface area contributed by atoms with Gasteiger partial charge < -0.3 is 19.8 Å². The maximum Gasteiger partial charge on any atom is 0.184 e. The van der Waals surface area contributed by atoms with Gasteiger partial charge in [0.2, 0.25) is 0 Å². The normalized spacial score (nSPS) is 10.9. The van der Waals surface area contributed by atoms with Crippen LogP contribution in [0.1, 0.15) is 5.56 Å². The first-order valence-corrected chi connectivity index (χ1v) is 10.8. The highest BCUT2D eigenvalue weighted by atomic mass is 19.2. The van der Waals surface area contributed by atoms with E-state index in [0.717, 1.165) is 22.9 Å². The van der Waals surface area contributed by atoms with Crippen molar-refractivity contribution in [2.24, 2.45) is 0 Å². The first-order valence-electron chi connectivity index (χ1n) is 10.8. The Kier molecular flexibility index (Phi) is 5.87. The fraction of sp³-hybridized carbons (Fsp3) is 0.0714. The van der Waals surface area contributed by atoms with Gasteiger partial charge in [0.1, 0.15) is 6.61 Å². The van der Waals surface area contributed by atoms with Gasteiger partial charge in [-0.2, -0.15) is 0 Å². The van der Waals surface area contributed by atoms with Crippen LogP contribution >= 0.6 is 0 Å². The molecule has 0 saturated carbocycles. The summed E-state index contributed by atoms with van der Waals surface area (Å²) in [5, 5.41) is 3.96. The third kappa shape index (κ3) is 4.43. The van der Waals surface area contributed by atoms with Gasteiger partial charge in [-0.1, -0.05) is 48.5 Å². The number of halogens is 2. The molecule has 0 aliphatic carbocycles. The van der Waals surface area contributed by atoms with Crippen LogP contribution in [0.2, 0.25) is 0 Å².